The van der Waals surface area contributed by atoms with Crippen LogP contribution in [0.1, 0.15) is 9.67 Å². The molecule has 6 nitrogen and oxygen atoms in total. The number of anilines is 2. The lowest BCUT2D eigenvalue weighted by molar-refractivity contribution is -0.120. The molecule has 0 aliphatic carbocycles. The first-order valence-electron chi connectivity index (χ1n) is 8.08. The van der Waals surface area contributed by atoms with Crippen molar-refractivity contribution < 1.29 is 19.1 Å². The fourth-order valence-electron chi connectivity index (χ4n) is 2.86. The molecule has 138 valence electrons. The normalized spacial score (nSPS) is 13.3. The highest BCUT2D eigenvalue weighted by Crippen LogP contribution is 2.38. The number of halogens is 1. The van der Waals surface area contributed by atoms with Gasteiger partial charge in [-0.15, -0.1) is 11.3 Å². The van der Waals surface area contributed by atoms with Gasteiger partial charge in [0.25, 0.3) is 11.8 Å². The first-order chi connectivity index (χ1) is 13.0. The summed E-state index contributed by atoms with van der Waals surface area (Å²) in [6, 6.07) is 10.7. The van der Waals surface area contributed by atoms with E-state index in [1.165, 1.54) is 16.2 Å². The maximum Gasteiger partial charge on any atom is 0.267 e. The van der Waals surface area contributed by atoms with E-state index in [9.17, 15) is 9.59 Å². The molecule has 2 amide bonds. The number of fused-ring (bicyclic) bond motifs is 2. The summed E-state index contributed by atoms with van der Waals surface area (Å²) in [5, 5.41) is 4.00. The SMILES string of the molecule is COc1ccc2sc(C(=O)Nc3ccc4c(c3)N(C)C(=O)CO4)c(Cl)c2c1. The fraction of sp³-hybridized carbons (Fsp3) is 0.158. The predicted octanol–water partition coefficient (Wildman–Crippen LogP) is 4.17. The number of thiophene rings is 1. The van der Waals surface area contributed by atoms with Gasteiger partial charge in [-0.1, -0.05) is 11.6 Å². The summed E-state index contributed by atoms with van der Waals surface area (Å²) in [5.41, 5.74) is 1.16. The molecule has 0 saturated carbocycles. The summed E-state index contributed by atoms with van der Waals surface area (Å²) in [6.07, 6.45) is 0. The van der Waals surface area contributed by atoms with E-state index in [0.29, 0.717) is 32.8 Å². The number of ether oxygens (including phenoxy) is 2. The minimum atomic E-state index is -0.314. The van der Waals surface area contributed by atoms with Gasteiger partial charge in [0.15, 0.2) is 6.61 Å². The number of benzene rings is 2. The van der Waals surface area contributed by atoms with Crippen LogP contribution in [0.2, 0.25) is 5.02 Å². The third-order valence-corrected chi connectivity index (χ3v) is 6.02. The van der Waals surface area contributed by atoms with Crippen molar-refractivity contribution in [2.45, 2.75) is 0 Å². The molecule has 0 spiro atoms. The molecule has 0 unspecified atom stereocenters. The molecule has 1 aliphatic heterocycles. The Morgan fingerprint density at radius 2 is 2.11 bits per heavy atom. The van der Waals surface area contributed by atoms with Crippen LogP contribution in [0.5, 0.6) is 11.5 Å². The molecule has 3 aromatic rings. The van der Waals surface area contributed by atoms with Crippen LogP contribution in [0.4, 0.5) is 11.4 Å². The second-order valence-corrected chi connectivity index (χ2v) is 7.42. The molecule has 8 heteroatoms. The number of rotatable bonds is 3. The lowest BCUT2D eigenvalue weighted by Crippen LogP contribution is -2.35. The number of methoxy groups -OCH3 is 1. The minimum Gasteiger partial charge on any atom is -0.497 e. The second-order valence-electron chi connectivity index (χ2n) is 5.99. The van der Waals surface area contributed by atoms with Gasteiger partial charge in [0.1, 0.15) is 16.4 Å². The third-order valence-electron chi connectivity index (χ3n) is 4.34. The molecule has 1 N–H and O–H groups in total. The highest BCUT2D eigenvalue weighted by Gasteiger charge is 2.23. The van der Waals surface area contributed by atoms with Crippen molar-refractivity contribution in [1.29, 1.82) is 0 Å². The Labute approximate surface area is 164 Å². The molecule has 0 fully saturated rings. The number of hydrogen-bond donors (Lipinski definition) is 1. The third kappa shape index (κ3) is 3.09. The van der Waals surface area contributed by atoms with Gasteiger partial charge < -0.3 is 19.7 Å². The summed E-state index contributed by atoms with van der Waals surface area (Å²) >= 11 is 7.74. The first-order valence-corrected chi connectivity index (χ1v) is 9.28. The number of nitrogens with zero attached hydrogens (tertiary/aromatic N) is 1. The molecule has 1 aromatic heterocycles. The summed E-state index contributed by atoms with van der Waals surface area (Å²) in [4.78, 5) is 26.5. The van der Waals surface area contributed by atoms with Crippen molar-refractivity contribution in [2.24, 2.45) is 0 Å². The lowest BCUT2D eigenvalue weighted by atomic mass is 10.2. The Bertz CT molecular complexity index is 1080. The van der Waals surface area contributed by atoms with Gasteiger partial charge in [-0.3, -0.25) is 9.59 Å². The van der Waals surface area contributed by atoms with E-state index in [2.05, 4.69) is 5.32 Å². The van der Waals surface area contributed by atoms with Crippen LogP contribution in [0.25, 0.3) is 10.1 Å². The Hall–Kier alpha value is -2.77. The summed E-state index contributed by atoms with van der Waals surface area (Å²) in [7, 11) is 3.25. The van der Waals surface area contributed by atoms with Crippen molar-refractivity contribution in [3.8, 4) is 11.5 Å². The Balaban J connectivity index is 1.64. The Morgan fingerprint density at radius 1 is 1.30 bits per heavy atom. The standard InChI is InChI=1S/C19H15ClN2O4S/c1-22-13-7-10(3-5-14(13)26-9-16(22)23)21-19(24)18-17(20)12-8-11(25-2)4-6-15(12)27-18/h3-8H,9H2,1-2H3,(H,21,24). The van der Waals surface area contributed by atoms with Crippen molar-refractivity contribution in [3.63, 3.8) is 0 Å². The van der Waals surface area contributed by atoms with Crippen molar-refractivity contribution in [3.05, 3.63) is 46.3 Å². The summed E-state index contributed by atoms with van der Waals surface area (Å²) in [5.74, 6) is 0.817. The maximum atomic E-state index is 12.7. The van der Waals surface area contributed by atoms with Crippen LogP contribution < -0.4 is 19.7 Å². The number of likely N-dealkylation sites (N-methyl/N-ethyl adjacent to an activating group) is 1. The zero-order chi connectivity index (χ0) is 19.1. The van der Waals surface area contributed by atoms with Gasteiger partial charge >= 0.3 is 0 Å². The topological polar surface area (TPSA) is 67.9 Å². The number of carbonyl (C=O) groups is 2. The molecular formula is C19H15ClN2O4S. The Kier molecular flexibility index (Phi) is 4.41. The smallest absolute Gasteiger partial charge is 0.267 e. The second kappa shape index (κ2) is 6.75. The first kappa shape index (κ1) is 17.6. The summed E-state index contributed by atoms with van der Waals surface area (Å²) < 4.78 is 11.5. The molecule has 2 aromatic carbocycles. The average Bonchev–Trinajstić information content (AvgIpc) is 3.01. The highest BCUT2D eigenvalue weighted by molar-refractivity contribution is 7.21. The van der Waals surface area contributed by atoms with Gasteiger partial charge in [-0.2, -0.15) is 0 Å². The molecule has 0 radical (unpaired) electrons. The van der Waals surface area contributed by atoms with Crippen molar-refractivity contribution >= 4 is 56.2 Å². The molecule has 0 saturated heterocycles. The number of hydrogen-bond acceptors (Lipinski definition) is 5. The van der Waals surface area contributed by atoms with Crippen molar-refractivity contribution in [2.75, 3.05) is 31.0 Å². The maximum absolute atomic E-state index is 12.7. The van der Waals surface area contributed by atoms with Crippen LogP contribution in [0, 0.1) is 0 Å². The number of nitrogens with one attached hydrogen (secondary N) is 1. The molecule has 27 heavy (non-hydrogen) atoms. The fourth-order valence-corrected chi connectivity index (χ4v) is 4.24. The molecule has 0 bridgehead atoms. The van der Waals surface area contributed by atoms with E-state index < -0.39 is 0 Å². The predicted molar refractivity (Wildman–Crippen MR) is 107 cm³/mol. The van der Waals surface area contributed by atoms with E-state index in [4.69, 9.17) is 21.1 Å². The van der Waals surface area contributed by atoms with E-state index >= 15 is 0 Å². The van der Waals surface area contributed by atoms with E-state index in [-0.39, 0.29) is 18.4 Å². The van der Waals surface area contributed by atoms with E-state index in [1.54, 1.807) is 32.4 Å². The molecule has 2 heterocycles. The van der Waals surface area contributed by atoms with Crippen LogP contribution in [-0.4, -0.2) is 32.6 Å². The van der Waals surface area contributed by atoms with E-state index in [1.807, 2.05) is 18.2 Å². The highest BCUT2D eigenvalue weighted by atomic mass is 35.5. The average molecular weight is 403 g/mol. The minimum absolute atomic E-state index is 0.00998. The van der Waals surface area contributed by atoms with Crippen LogP contribution in [0.3, 0.4) is 0 Å². The molecule has 4 rings (SSSR count). The van der Waals surface area contributed by atoms with E-state index in [0.717, 1.165) is 10.1 Å². The Morgan fingerprint density at radius 3 is 2.89 bits per heavy atom. The molecule has 1 aliphatic rings. The zero-order valence-corrected chi connectivity index (χ0v) is 16.1. The molecular weight excluding hydrogens is 388 g/mol. The lowest BCUT2D eigenvalue weighted by Gasteiger charge is -2.26. The van der Waals surface area contributed by atoms with Crippen LogP contribution in [0.15, 0.2) is 36.4 Å². The van der Waals surface area contributed by atoms with Gasteiger partial charge in [0.05, 0.1) is 17.8 Å². The van der Waals surface area contributed by atoms with Gasteiger partial charge in [-0.25, -0.2) is 0 Å². The van der Waals surface area contributed by atoms with Crippen LogP contribution >= 0.6 is 22.9 Å². The van der Waals surface area contributed by atoms with Gasteiger partial charge in [0, 0.05) is 22.8 Å². The molecule has 0 atom stereocenters. The van der Waals surface area contributed by atoms with Gasteiger partial charge in [-0.05, 0) is 36.4 Å². The van der Waals surface area contributed by atoms with Crippen LogP contribution in [-0.2, 0) is 4.79 Å². The quantitative estimate of drug-likeness (QED) is 0.713. The number of carbonyl (C=O) groups excluding carboxylic acids is 2. The largest absolute Gasteiger partial charge is 0.497 e. The zero-order valence-electron chi connectivity index (χ0n) is 14.5. The monoisotopic (exact) mass is 402 g/mol. The van der Waals surface area contributed by atoms with Gasteiger partial charge in [0.2, 0.25) is 0 Å². The number of amides is 2. The summed E-state index contributed by atoms with van der Waals surface area (Å²) in [6.45, 7) is 0.00998. The van der Waals surface area contributed by atoms with Crippen molar-refractivity contribution in [1.82, 2.24) is 0 Å².